The number of carbonyl (C=O) groups excluding carboxylic acids is 1. The lowest BCUT2D eigenvalue weighted by atomic mass is 10.0. The van der Waals surface area contributed by atoms with Crippen molar-refractivity contribution in [3.8, 4) is 0 Å². The highest BCUT2D eigenvalue weighted by molar-refractivity contribution is 7.13. The van der Waals surface area contributed by atoms with Crippen molar-refractivity contribution in [2.75, 3.05) is 0 Å². The second-order valence-corrected chi connectivity index (χ2v) is 4.43. The van der Waals surface area contributed by atoms with Crippen molar-refractivity contribution in [2.45, 2.75) is 13.8 Å². The minimum Gasteiger partial charge on any atom is -0.294 e. The van der Waals surface area contributed by atoms with Crippen LogP contribution >= 0.6 is 11.5 Å². The van der Waals surface area contributed by atoms with Crippen LogP contribution < -0.4 is 0 Å². The van der Waals surface area contributed by atoms with Crippen molar-refractivity contribution in [3.63, 3.8) is 0 Å². The van der Waals surface area contributed by atoms with Crippen LogP contribution in [0.1, 0.15) is 24.2 Å². The number of hydrogen-bond acceptors (Lipinski definition) is 3. The molecule has 1 aromatic heterocycles. The van der Waals surface area contributed by atoms with E-state index in [1.807, 2.05) is 32.0 Å². The highest BCUT2D eigenvalue weighted by Gasteiger charge is 2.10. The Kier molecular flexibility index (Phi) is 2.33. The van der Waals surface area contributed by atoms with Crippen molar-refractivity contribution < 1.29 is 4.79 Å². The van der Waals surface area contributed by atoms with E-state index in [0.717, 1.165) is 15.6 Å². The van der Waals surface area contributed by atoms with E-state index >= 15 is 0 Å². The predicted octanol–water partition coefficient (Wildman–Crippen LogP) is 3.14. The fraction of sp³-hybridized carbons (Fsp3) is 0.273. The lowest BCUT2D eigenvalue weighted by Gasteiger charge is -2.03. The monoisotopic (exact) mass is 205 g/mol. The molecule has 2 aromatic rings. The number of Topliss-reactive ketones (excluding diaryl/α,β-unsaturated/α-hetero) is 1. The van der Waals surface area contributed by atoms with E-state index in [1.54, 1.807) is 6.20 Å². The first-order valence-electron chi connectivity index (χ1n) is 4.57. The molecule has 0 bridgehead atoms. The third-order valence-electron chi connectivity index (χ3n) is 2.16. The first-order valence-corrected chi connectivity index (χ1v) is 5.34. The molecule has 0 N–H and O–H groups in total. The number of benzene rings is 1. The fourth-order valence-corrected chi connectivity index (χ4v) is 1.98. The van der Waals surface area contributed by atoms with Crippen LogP contribution in [0.25, 0.3) is 10.1 Å². The fourth-order valence-electron chi connectivity index (χ4n) is 1.36. The van der Waals surface area contributed by atoms with Gasteiger partial charge in [0.1, 0.15) is 0 Å². The zero-order valence-corrected chi connectivity index (χ0v) is 8.97. The van der Waals surface area contributed by atoms with Gasteiger partial charge < -0.3 is 0 Å². The molecule has 0 amide bonds. The lowest BCUT2D eigenvalue weighted by Crippen LogP contribution is -2.06. The number of hydrogen-bond donors (Lipinski definition) is 0. The van der Waals surface area contributed by atoms with E-state index in [0.29, 0.717) is 0 Å². The largest absolute Gasteiger partial charge is 0.294 e. The zero-order valence-electron chi connectivity index (χ0n) is 8.15. The third-order valence-corrected chi connectivity index (χ3v) is 2.94. The maximum absolute atomic E-state index is 11.7. The molecule has 2 rings (SSSR count). The molecule has 0 atom stereocenters. The van der Waals surface area contributed by atoms with Crippen molar-refractivity contribution in [1.29, 1.82) is 0 Å². The average Bonchev–Trinajstić information content (AvgIpc) is 2.62. The van der Waals surface area contributed by atoms with Crippen molar-refractivity contribution >= 4 is 27.4 Å². The number of rotatable bonds is 2. The van der Waals surface area contributed by atoms with Gasteiger partial charge in [-0.05, 0) is 29.7 Å². The van der Waals surface area contributed by atoms with Crippen LogP contribution in [0.15, 0.2) is 24.4 Å². The summed E-state index contributed by atoms with van der Waals surface area (Å²) in [6.07, 6.45) is 1.80. The molecule has 72 valence electrons. The molecule has 0 fully saturated rings. The smallest absolute Gasteiger partial charge is 0.165 e. The molecule has 2 nitrogen and oxygen atoms in total. The Morgan fingerprint density at radius 2 is 2.21 bits per heavy atom. The highest BCUT2D eigenvalue weighted by atomic mass is 32.1. The summed E-state index contributed by atoms with van der Waals surface area (Å²) in [6.45, 7) is 3.83. The van der Waals surface area contributed by atoms with Gasteiger partial charge in [-0.2, -0.15) is 4.37 Å². The quantitative estimate of drug-likeness (QED) is 0.705. The zero-order chi connectivity index (χ0) is 10.1. The summed E-state index contributed by atoms with van der Waals surface area (Å²) < 4.78 is 5.21. The molecule has 0 radical (unpaired) electrons. The molecule has 3 heteroatoms. The summed E-state index contributed by atoms with van der Waals surface area (Å²) in [7, 11) is 0. The molecule has 1 aromatic carbocycles. The maximum Gasteiger partial charge on any atom is 0.165 e. The number of fused-ring (bicyclic) bond motifs is 1. The Hall–Kier alpha value is -1.22. The molecular weight excluding hydrogens is 194 g/mol. The van der Waals surface area contributed by atoms with Gasteiger partial charge in [-0.15, -0.1) is 0 Å². The molecule has 1 heterocycles. The van der Waals surface area contributed by atoms with E-state index in [4.69, 9.17) is 0 Å². The second-order valence-electron chi connectivity index (χ2n) is 3.60. The minimum absolute atomic E-state index is 0.0547. The van der Waals surface area contributed by atoms with Crippen LogP contribution in [0.3, 0.4) is 0 Å². The predicted molar refractivity (Wildman–Crippen MR) is 58.8 cm³/mol. The van der Waals surface area contributed by atoms with E-state index in [2.05, 4.69) is 4.37 Å². The lowest BCUT2D eigenvalue weighted by molar-refractivity contribution is 0.0939. The maximum atomic E-state index is 11.7. The molecule has 0 saturated carbocycles. The van der Waals surface area contributed by atoms with E-state index in [9.17, 15) is 4.79 Å². The van der Waals surface area contributed by atoms with Gasteiger partial charge in [0.25, 0.3) is 0 Å². The second kappa shape index (κ2) is 3.50. The van der Waals surface area contributed by atoms with Gasteiger partial charge in [0, 0.05) is 23.1 Å². The Morgan fingerprint density at radius 3 is 2.93 bits per heavy atom. The van der Waals surface area contributed by atoms with Gasteiger partial charge in [0.15, 0.2) is 5.78 Å². The molecule has 0 spiro atoms. The Balaban J connectivity index is 2.48. The van der Waals surface area contributed by atoms with Gasteiger partial charge >= 0.3 is 0 Å². The van der Waals surface area contributed by atoms with Crippen molar-refractivity contribution in [1.82, 2.24) is 4.37 Å². The highest BCUT2D eigenvalue weighted by Crippen LogP contribution is 2.20. The molecule has 0 aliphatic carbocycles. The summed E-state index contributed by atoms with van der Waals surface area (Å²) in [5.41, 5.74) is 0.785. The van der Waals surface area contributed by atoms with Gasteiger partial charge in [-0.3, -0.25) is 4.79 Å². The van der Waals surface area contributed by atoms with E-state index in [-0.39, 0.29) is 11.7 Å². The van der Waals surface area contributed by atoms with Gasteiger partial charge in [-0.25, -0.2) is 0 Å². The van der Waals surface area contributed by atoms with E-state index in [1.165, 1.54) is 11.5 Å². The number of ketones is 1. The summed E-state index contributed by atoms with van der Waals surface area (Å²) in [5.74, 6) is 0.247. The van der Waals surface area contributed by atoms with Crippen molar-refractivity contribution in [3.05, 3.63) is 30.0 Å². The summed E-state index contributed by atoms with van der Waals surface area (Å²) in [6, 6.07) is 5.76. The third kappa shape index (κ3) is 1.55. The molecular formula is C11H11NOS. The Labute approximate surface area is 86.7 Å². The molecule has 0 aliphatic rings. The van der Waals surface area contributed by atoms with Gasteiger partial charge in [0.05, 0.1) is 4.70 Å². The van der Waals surface area contributed by atoms with Crippen LogP contribution in [-0.4, -0.2) is 10.2 Å². The Morgan fingerprint density at radius 1 is 1.43 bits per heavy atom. The first kappa shape index (κ1) is 9.34. The molecule has 0 unspecified atom stereocenters. The van der Waals surface area contributed by atoms with Gasteiger partial charge in [-0.1, -0.05) is 13.8 Å². The van der Waals surface area contributed by atoms with Crippen molar-refractivity contribution in [2.24, 2.45) is 5.92 Å². The van der Waals surface area contributed by atoms with E-state index < -0.39 is 0 Å². The number of carbonyl (C=O) groups is 1. The SMILES string of the molecule is CC(C)C(=O)c1ccc2sncc2c1. The first-order chi connectivity index (χ1) is 6.68. The summed E-state index contributed by atoms with van der Waals surface area (Å²) in [4.78, 5) is 11.7. The van der Waals surface area contributed by atoms with Crippen LogP contribution in [-0.2, 0) is 0 Å². The van der Waals surface area contributed by atoms with Crippen LogP contribution in [0.4, 0.5) is 0 Å². The van der Waals surface area contributed by atoms with Crippen LogP contribution in [0.5, 0.6) is 0 Å². The normalized spacial score (nSPS) is 11.1. The topological polar surface area (TPSA) is 30.0 Å². The average molecular weight is 205 g/mol. The number of aromatic nitrogens is 1. The standard InChI is InChI=1S/C11H11NOS/c1-7(2)11(13)8-3-4-10-9(5-8)6-12-14-10/h3-7H,1-2H3. The van der Waals surface area contributed by atoms with Crippen LogP contribution in [0.2, 0.25) is 0 Å². The minimum atomic E-state index is 0.0547. The summed E-state index contributed by atoms with van der Waals surface area (Å²) >= 11 is 1.45. The summed E-state index contributed by atoms with van der Waals surface area (Å²) in [5, 5.41) is 1.06. The van der Waals surface area contributed by atoms with Crippen LogP contribution in [0, 0.1) is 5.92 Å². The molecule has 0 aliphatic heterocycles. The Bertz CT molecular complexity index is 473. The molecule has 14 heavy (non-hydrogen) atoms. The number of nitrogens with zero attached hydrogens (tertiary/aromatic N) is 1. The van der Waals surface area contributed by atoms with Gasteiger partial charge in [0.2, 0.25) is 0 Å². The molecule has 0 saturated heterocycles.